The SMILES string of the molecule is N#CC1(C(=O)N2CCC(c3nnc4n3-c3ccc(Cl)cc3CN(C3CS(=O)(=O)C3)C4)CC2)CC1. The molecule has 4 aliphatic rings. The number of carbonyl (C=O) groups is 1. The molecule has 2 aromatic rings. The second-order valence-electron chi connectivity index (χ2n) is 9.98. The van der Waals surface area contributed by atoms with Crippen molar-refractivity contribution in [2.45, 2.75) is 50.7 Å². The zero-order valence-corrected chi connectivity index (χ0v) is 20.2. The van der Waals surface area contributed by atoms with Gasteiger partial charge in [0.2, 0.25) is 5.91 Å². The van der Waals surface area contributed by atoms with Crippen LogP contribution >= 0.6 is 11.6 Å². The molecule has 2 saturated heterocycles. The van der Waals surface area contributed by atoms with E-state index in [1.165, 1.54) is 0 Å². The van der Waals surface area contributed by atoms with Crippen LogP contribution in [0, 0.1) is 16.7 Å². The van der Waals surface area contributed by atoms with Crippen LogP contribution in [0.3, 0.4) is 0 Å². The molecule has 1 aromatic heterocycles. The van der Waals surface area contributed by atoms with Crippen LogP contribution in [-0.4, -0.2) is 69.5 Å². The Morgan fingerprint density at radius 3 is 2.53 bits per heavy atom. The molecule has 34 heavy (non-hydrogen) atoms. The van der Waals surface area contributed by atoms with Crippen LogP contribution in [0.1, 0.15) is 48.8 Å². The average Bonchev–Trinajstić information content (AvgIpc) is 3.53. The van der Waals surface area contributed by atoms with Gasteiger partial charge in [0.05, 0.1) is 29.8 Å². The van der Waals surface area contributed by atoms with Crippen molar-refractivity contribution >= 4 is 27.3 Å². The molecule has 4 heterocycles. The Kier molecular flexibility index (Phi) is 5.03. The van der Waals surface area contributed by atoms with E-state index in [0.717, 1.165) is 35.7 Å². The van der Waals surface area contributed by atoms with Crippen molar-refractivity contribution in [3.63, 3.8) is 0 Å². The lowest BCUT2D eigenvalue weighted by Crippen LogP contribution is -2.52. The number of carbonyl (C=O) groups excluding carboxylic acids is 1. The fraction of sp³-hybridized carbons (Fsp3) is 0.565. The fourth-order valence-corrected chi connectivity index (χ4v) is 7.15. The van der Waals surface area contributed by atoms with Crippen LogP contribution in [0.2, 0.25) is 5.02 Å². The van der Waals surface area contributed by atoms with Gasteiger partial charge in [-0.2, -0.15) is 5.26 Å². The van der Waals surface area contributed by atoms with E-state index in [2.05, 4.69) is 25.7 Å². The normalized spacial score (nSPS) is 23.8. The number of benzene rings is 1. The first kappa shape index (κ1) is 22.0. The molecule has 1 amide bonds. The topological polar surface area (TPSA) is 112 Å². The van der Waals surface area contributed by atoms with Crippen LogP contribution in [-0.2, 0) is 27.7 Å². The van der Waals surface area contributed by atoms with Crippen molar-refractivity contribution in [1.82, 2.24) is 24.6 Å². The molecule has 6 rings (SSSR count). The Bertz CT molecular complexity index is 1310. The monoisotopic (exact) mass is 500 g/mol. The highest BCUT2D eigenvalue weighted by atomic mass is 35.5. The third-order valence-corrected chi connectivity index (χ3v) is 9.71. The predicted octanol–water partition coefficient (Wildman–Crippen LogP) is 2.04. The van der Waals surface area contributed by atoms with E-state index in [0.29, 0.717) is 44.0 Å². The van der Waals surface area contributed by atoms with Gasteiger partial charge in [-0.1, -0.05) is 11.6 Å². The minimum Gasteiger partial charge on any atom is -0.341 e. The summed E-state index contributed by atoms with van der Waals surface area (Å²) in [6.07, 6.45) is 2.86. The molecule has 1 aromatic carbocycles. The van der Waals surface area contributed by atoms with Crippen molar-refractivity contribution < 1.29 is 13.2 Å². The number of amides is 1. The van der Waals surface area contributed by atoms with Crippen LogP contribution in [0.25, 0.3) is 5.69 Å². The minimum absolute atomic E-state index is 0.0281. The third kappa shape index (κ3) is 3.61. The molecule has 9 nitrogen and oxygen atoms in total. The Balaban J connectivity index is 1.28. The summed E-state index contributed by atoms with van der Waals surface area (Å²) < 4.78 is 25.7. The Morgan fingerprint density at radius 1 is 1.15 bits per heavy atom. The van der Waals surface area contributed by atoms with E-state index in [1.54, 1.807) is 0 Å². The molecule has 0 radical (unpaired) electrons. The number of hydrogen-bond acceptors (Lipinski definition) is 7. The summed E-state index contributed by atoms with van der Waals surface area (Å²) in [5, 5.41) is 19.1. The number of nitrogens with zero attached hydrogens (tertiary/aromatic N) is 6. The number of aromatic nitrogens is 3. The molecule has 1 aliphatic carbocycles. The molecule has 11 heteroatoms. The summed E-state index contributed by atoms with van der Waals surface area (Å²) in [7, 11) is -2.95. The van der Waals surface area contributed by atoms with Crippen LogP contribution < -0.4 is 0 Å². The number of hydrogen-bond donors (Lipinski definition) is 0. The molecule has 1 saturated carbocycles. The number of likely N-dealkylation sites (tertiary alicyclic amines) is 1. The predicted molar refractivity (Wildman–Crippen MR) is 124 cm³/mol. The number of fused-ring (bicyclic) bond motifs is 3. The van der Waals surface area contributed by atoms with Gasteiger partial charge in [0, 0.05) is 36.6 Å². The van der Waals surface area contributed by atoms with Crippen LogP contribution in [0.5, 0.6) is 0 Å². The average molecular weight is 501 g/mol. The van der Waals surface area contributed by atoms with Crippen molar-refractivity contribution in [3.8, 4) is 11.8 Å². The van der Waals surface area contributed by atoms with Gasteiger partial charge in [-0.15, -0.1) is 10.2 Å². The molecule has 3 aliphatic heterocycles. The zero-order chi connectivity index (χ0) is 23.7. The largest absolute Gasteiger partial charge is 0.341 e. The summed E-state index contributed by atoms with van der Waals surface area (Å²) in [4.78, 5) is 16.8. The molecule has 0 spiro atoms. The summed E-state index contributed by atoms with van der Waals surface area (Å²) in [6, 6.07) is 7.95. The smallest absolute Gasteiger partial charge is 0.243 e. The lowest BCUT2D eigenvalue weighted by Gasteiger charge is -2.35. The highest BCUT2D eigenvalue weighted by Crippen LogP contribution is 2.47. The maximum absolute atomic E-state index is 12.8. The van der Waals surface area contributed by atoms with Gasteiger partial charge in [0.25, 0.3) is 0 Å². The number of sulfone groups is 1. The number of rotatable bonds is 3. The van der Waals surface area contributed by atoms with Crippen LogP contribution in [0.4, 0.5) is 0 Å². The van der Waals surface area contributed by atoms with E-state index >= 15 is 0 Å². The van der Waals surface area contributed by atoms with E-state index < -0.39 is 15.3 Å². The Hall–Kier alpha value is -2.48. The number of halogens is 1. The van der Waals surface area contributed by atoms with Gasteiger partial charge in [-0.25, -0.2) is 8.42 Å². The van der Waals surface area contributed by atoms with Crippen LogP contribution in [0.15, 0.2) is 18.2 Å². The van der Waals surface area contributed by atoms with E-state index in [-0.39, 0.29) is 29.4 Å². The molecule has 3 fully saturated rings. The van der Waals surface area contributed by atoms with Crippen molar-refractivity contribution in [2.24, 2.45) is 5.41 Å². The van der Waals surface area contributed by atoms with Gasteiger partial charge in [-0.3, -0.25) is 14.3 Å². The van der Waals surface area contributed by atoms with Gasteiger partial charge < -0.3 is 4.90 Å². The number of nitriles is 1. The minimum atomic E-state index is -2.95. The van der Waals surface area contributed by atoms with Gasteiger partial charge in [0.1, 0.15) is 11.2 Å². The zero-order valence-electron chi connectivity index (χ0n) is 18.7. The molecule has 178 valence electrons. The second-order valence-corrected chi connectivity index (χ2v) is 12.6. The van der Waals surface area contributed by atoms with Gasteiger partial charge in [0.15, 0.2) is 15.7 Å². The van der Waals surface area contributed by atoms with Gasteiger partial charge >= 0.3 is 0 Å². The first-order chi connectivity index (χ1) is 16.3. The van der Waals surface area contributed by atoms with Crippen molar-refractivity contribution in [2.75, 3.05) is 24.6 Å². The molecular formula is C23H25ClN6O3S. The Labute approximate surface area is 203 Å². The maximum Gasteiger partial charge on any atom is 0.243 e. The molecular weight excluding hydrogens is 476 g/mol. The second kappa shape index (κ2) is 7.77. The van der Waals surface area contributed by atoms with Gasteiger partial charge in [-0.05, 0) is 49.4 Å². The lowest BCUT2D eigenvalue weighted by molar-refractivity contribution is -0.136. The molecule has 0 unspecified atom stereocenters. The van der Waals surface area contributed by atoms with E-state index in [4.69, 9.17) is 11.6 Å². The Morgan fingerprint density at radius 2 is 1.88 bits per heavy atom. The summed E-state index contributed by atoms with van der Waals surface area (Å²) in [6.45, 7) is 2.33. The first-order valence-corrected chi connectivity index (χ1v) is 13.9. The standard InChI is InChI=1S/C23H25ClN6O3S/c24-17-1-2-19-16(9-17)10-29(18-12-34(32,33)13-18)11-20-26-27-21(30(19)20)15-3-7-28(8-4-15)22(31)23(14-25)5-6-23/h1-2,9,15,18H,3-8,10-13H2. The molecule has 0 bridgehead atoms. The molecule has 0 atom stereocenters. The highest BCUT2D eigenvalue weighted by molar-refractivity contribution is 7.92. The van der Waals surface area contributed by atoms with Crippen molar-refractivity contribution in [3.05, 3.63) is 40.4 Å². The third-order valence-electron chi connectivity index (χ3n) is 7.69. The lowest BCUT2D eigenvalue weighted by atomic mass is 9.94. The van der Waals surface area contributed by atoms with Crippen molar-refractivity contribution in [1.29, 1.82) is 5.26 Å². The van der Waals surface area contributed by atoms with E-state index in [1.807, 2.05) is 23.1 Å². The first-order valence-electron chi connectivity index (χ1n) is 11.7. The summed E-state index contributed by atoms with van der Waals surface area (Å²) in [5.41, 5.74) is 1.22. The maximum atomic E-state index is 12.8. The summed E-state index contributed by atoms with van der Waals surface area (Å²) in [5.74, 6) is 2.11. The quantitative estimate of drug-likeness (QED) is 0.633. The number of piperidine rings is 1. The molecule has 0 N–H and O–H groups in total. The summed E-state index contributed by atoms with van der Waals surface area (Å²) >= 11 is 6.32. The highest BCUT2D eigenvalue weighted by Gasteiger charge is 2.53. The van der Waals surface area contributed by atoms with E-state index in [9.17, 15) is 18.5 Å². The fourth-order valence-electron chi connectivity index (χ4n) is 5.46.